The third-order valence-corrected chi connectivity index (χ3v) is 5.28. The van der Waals surface area contributed by atoms with Gasteiger partial charge >= 0.3 is 0 Å². The van der Waals surface area contributed by atoms with Gasteiger partial charge in [0.1, 0.15) is 0 Å². The summed E-state index contributed by atoms with van der Waals surface area (Å²) in [5, 5.41) is 3.33. The summed E-state index contributed by atoms with van der Waals surface area (Å²) < 4.78 is 25.8. The summed E-state index contributed by atoms with van der Waals surface area (Å²) in [6, 6.07) is 0.640. The molecular weight excluding hydrogens is 248 g/mol. The van der Waals surface area contributed by atoms with Crippen molar-refractivity contribution in [3.63, 3.8) is 0 Å². The van der Waals surface area contributed by atoms with Crippen LogP contribution in [0.2, 0.25) is 0 Å². The van der Waals surface area contributed by atoms with Crippen molar-refractivity contribution in [1.82, 2.24) is 9.62 Å². The first-order chi connectivity index (χ1) is 8.62. The van der Waals surface area contributed by atoms with Crippen molar-refractivity contribution >= 4 is 10.0 Å². The van der Waals surface area contributed by atoms with Crippen LogP contribution in [-0.2, 0) is 10.0 Å². The Labute approximate surface area is 110 Å². The Morgan fingerprint density at radius 1 is 1.28 bits per heavy atom. The van der Waals surface area contributed by atoms with E-state index in [0.29, 0.717) is 24.9 Å². The van der Waals surface area contributed by atoms with Crippen LogP contribution in [0.5, 0.6) is 0 Å². The topological polar surface area (TPSA) is 49.4 Å². The lowest BCUT2D eigenvalue weighted by atomic mass is 10.4. The molecule has 0 bridgehead atoms. The first-order valence-electron chi connectivity index (χ1n) is 6.76. The highest BCUT2D eigenvalue weighted by molar-refractivity contribution is 7.89. The molecule has 0 atom stereocenters. The van der Waals surface area contributed by atoms with Gasteiger partial charge in [-0.3, -0.25) is 0 Å². The van der Waals surface area contributed by atoms with Crippen LogP contribution in [-0.4, -0.2) is 44.2 Å². The second-order valence-corrected chi connectivity index (χ2v) is 7.43. The summed E-state index contributed by atoms with van der Waals surface area (Å²) >= 11 is 0. The van der Waals surface area contributed by atoms with Gasteiger partial charge in [-0.25, -0.2) is 8.42 Å². The molecule has 5 heteroatoms. The van der Waals surface area contributed by atoms with E-state index in [-0.39, 0.29) is 12.3 Å². The molecule has 4 nitrogen and oxygen atoms in total. The maximum absolute atomic E-state index is 12.1. The molecule has 0 unspecified atom stereocenters. The van der Waals surface area contributed by atoms with Crippen molar-refractivity contribution in [3.05, 3.63) is 0 Å². The van der Waals surface area contributed by atoms with Crippen molar-refractivity contribution < 1.29 is 8.42 Å². The number of nitrogens with one attached hydrogen (secondary N) is 1. The molecule has 2 rings (SSSR count). The van der Waals surface area contributed by atoms with Crippen LogP contribution in [0.25, 0.3) is 0 Å². The first-order valence-corrected chi connectivity index (χ1v) is 8.37. The molecule has 0 heterocycles. The summed E-state index contributed by atoms with van der Waals surface area (Å²) in [6.45, 7) is 1.62. The quantitative estimate of drug-likeness (QED) is 0.498. The van der Waals surface area contributed by atoms with Crippen LogP contribution < -0.4 is 5.32 Å². The average molecular weight is 270 g/mol. The van der Waals surface area contributed by atoms with E-state index in [2.05, 4.69) is 11.2 Å². The van der Waals surface area contributed by atoms with E-state index >= 15 is 0 Å². The molecule has 0 saturated heterocycles. The minimum Gasteiger partial charge on any atom is -0.314 e. The number of hydrogen-bond donors (Lipinski definition) is 1. The van der Waals surface area contributed by atoms with E-state index in [9.17, 15) is 8.42 Å². The van der Waals surface area contributed by atoms with E-state index in [1.807, 2.05) is 0 Å². The van der Waals surface area contributed by atoms with Gasteiger partial charge < -0.3 is 5.32 Å². The van der Waals surface area contributed by atoms with Crippen LogP contribution >= 0.6 is 0 Å². The third-order valence-electron chi connectivity index (χ3n) is 3.41. The smallest absolute Gasteiger partial charge is 0.215 e. The number of terminal acetylenes is 1. The summed E-state index contributed by atoms with van der Waals surface area (Å²) in [4.78, 5) is 0. The molecule has 2 saturated carbocycles. The molecule has 0 aromatic rings. The van der Waals surface area contributed by atoms with Gasteiger partial charge in [-0.05, 0) is 44.6 Å². The Kier molecular flexibility index (Phi) is 4.66. The zero-order valence-corrected chi connectivity index (χ0v) is 11.6. The number of nitrogens with zero attached hydrogens (tertiary/aromatic N) is 1. The van der Waals surface area contributed by atoms with Crippen molar-refractivity contribution in [2.45, 2.75) is 38.1 Å². The molecule has 0 aliphatic heterocycles. The molecule has 2 aliphatic rings. The van der Waals surface area contributed by atoms with Gasteiger partial charge in [-0.15, -0.1) is 6.42 Å². The van der Waals surface area contributed by atoms with Gasteiger partial charge in [0.25, 0.3) is 0 Å². The van der Waals surface area contributed by atoms with Crippen molar-refractivity contribution in [2.24, 2.45) is 5.92 Å². The maximum atomic E-state index is 12.1. The van der Waals surface area contributed by atoms with Gasteiger partial charge in [0.05, 0.1) is 12.3 Å². The van der Waals surface area contributed by atoms with E-state index in [1.54, 1.807) is 0 Å². The number of sulfonamides is 1. The molecule has 2 fully saturated rings. The van der Waals surface area contributed by atoms with Crippen LogP contribution in [0, 0.1) is 18.3 Å². The van der Waals surface area contributed by atoms with Gasteiger partial charge in [0.2, 0.25) is 10.0 Å². The normalized spacial score (nSPS) is 20.0. The summed E-state index contributed by atoms with van der Waals surface area (Å²) in [5.74, 6) is 3.21. The Bertz CT molecular complexity index is 405. The fourth-order valence-corrected chi connectivity index (χ4v) is 3.42. The zero-order valence-electron chi connectivity index (χ0n) is 10.8. The molecule has 0 aromatic heterocycles. The first kappa shape index (κ1) is 13.9. The molecule has 0 spiro atoms. The highest BCUT2D eigenvalue weighted by Gasteiger charge is 2.30. The minimum atomic E-state index is -3.17. The SMILES string of the molecule is C#CCN(CC1CC1)S(=O)(=O)CCCNC1CC1. The monoisotopic (exact) mass is 270 g/mol. The largest absolute Gasteiger partial charge is 0.314 e. The van der Waals surface area contributed by atoms with Crippen LogP contribution in [0.4, 0.5) is 0 Å². The summed E-state index contributed by atoms with van der Waals surface area (Å²) in [6.07, 6.45) is 10.7. The lowest BCUT2D eigenvalue weighted by Crippen LogP contribution is -2.36. The lowest BCUT2D eigenvalue weighted by Gasteiger charge is -2.19. The predicted octanol–water partition coefficient (Wildman–Crippen LogP) is 0.803. The Morgan fingerprint density at radius 3 is 2.56 bits per heavy atom. The maximum Gasteiger partial charge on any atom is 0.215 e. The molecule has 1 N–H and O–H groups in total. The lowest BCUT2D eigenvalue weighted by molar-refractivity contribution is 0.428. The average Bonchev–Trinajstić information content (AvgIpc) is 3.18. The summed E-state index contributed by atoms with van der Waals surface area (Å²) in [5.41, 5.74) is 0. The predicted molar refractivity (Wildman–Crippen MR) is 72.6 cm³/mol. The van der Waals surface area contributed by atoms with E-state index in [4.69, 9.17) is 6.42 Å². The summed E-state index contributed by atoms with van der Waals surface area (Å²) in [7, 11) is -3.17. The molecule has 102 valence electrons. The Hall–Kier alpha value is -0.570. The Balaban J connectivity index is 1.75. The van der Waals surface area contributed by atoms with Gasteiger partial charge in [0.15, 0.2) is 0 Å². The van der Waals surface area contributed by atoms with Crippen molar-refractivity contribution in [1.29, 1.82) is 0 Å². The second kappa shape index (κ2) is 6.05. The molecular formula is C13H22N2O2S. The highest BCUT2D eigenvalue weighted by atomic mass is 32.2. The van der Waals surface area contributed by atoms with Gasteiger partial charge in [-0.1, -0.05) is 5.92 Å². The molecule has 0 aromatic carbocycles. The van der Waals surface area contributed by atoms with E-state index < -0.39 is 10.0 Å². The molecule has 2 aliphatic carbocycles. The van der Waals surface area contributed by atoms with Crippen LogP contribution in [0.15, 0.2) is 0 Å². The second-order valence-electron chi connectivity index (χ2n) is 5.34. The zero-order chi connectivity index (χ0) is 13.0. The highest BCUT2D eigenvalue weighted by Crippen LogP contribution is 2.30. The number of rotatable bonds is 9. The standard InChI is InChI=1S/C13H22N2O2S/c1-2-9-15(11-12-4-5-12)18(16,17)10-3-8-14-13-6-7-13/h1,12-14H,3-11H2. The van der Waals surface area contributed by atoms with Gasteiger partial charge in [0, 0.05) is 12.6 Å². The third kappa shape index (κ3) is 4.60. The molecule has 18 heavy (non-hydrogen) atoms. The fourth-order valence-electron chi connectivity index (χ4n) is 1.94. The van der Waals surface area contributed by atoms with E-state index in [0.717, 1.165) is 19.4 Å². The molecule has 0 radical (unpaired) electrons. The van der Waals surface area contributed by atoms with Crippen LogP contribution in [0.1, 0.15) is 32.1 Å². The van der Waals surface area contributed by atoms with Crippen molar-refractivity contribution in [3.8, 4) is 12.3 Å². The minimum absolute atomic E-state index is 0.209. The van der Waals surface area contributed by atoms with Gasteiger partial charge in [-0.2, -0.15) is 4.31 Å². The van der Waals surface area contributed by atoms with Crippen LogP contribution in [0.3, 0.4) is 0 Å². The number of hydrogen-bond acceptors (Lipinski definition) is 3. The Morgan fingerprint density at radius 2 is 2.00 bits per heavy atom. The fraction of sp³-hybridized carbons (Fsp3) is 0.846. The van der Waals surface area contributed by atoms with E-state index in [1.165, 1.54) is 17.1 Å². The van der Waals surface area contributed by atoms with Crippen molar-refractivity contribution in [2.75, 3.05) is 25.4 Å². The molecule has 0 amide bonds.